The Kier molecular flexibility index (Phi) is 2.27. The third-order valence-corrected chi connectivity index (χ3v) is 3.75. The number of hydrogen-bond donors (Lipinski definition) is 1. The molecule has 74 valence electrons. The van der Waals surface area contributed by atoms with Gasteiger partial charge in [-0.15, -0.1) is 0 Å². The summed E-state index contributed by atoms with van der Waals surface area (Å²) in [6.45, 7) is 1.98. The van der Waals surface area contributed by atoms with Gasteiger partial charge < -0.3 is 14.6 Å². The lowest BCUT2D eigenvalue weighted by Crippen LogP contribution is -2.34. The first-order valence-electron chi connectivity index (χ1n) is 4.32. The standard InChI is InChI=1S/C9H13BrO3/c1-5-6(10)3-9(11)4-7(12-2)13-8(5)9/h7-8,11H,3-4H2,1-2H3/t7-,8-,9+/m1/s1. The van der Waals surface area contributed by atoms with Crippen LogP contribution < -0.4 is 0 Å². The van der Waals surface area contributed by atoms with E-state index in [2.05, 4.69) is 15.9 Å². The van der Waals surface area contributed by atoms with E-state index < -0.39 is 5.60 Å². The third-order valence-electron chi connectivity index (χ3n) is 2.84. The van der Waals surface area contributed by atoms with Gasteiger partial charge in [0.05, 0.1) is 0 Å². The number of aliphatic hydroxyl groups is 1. The summed E-state index contributed by atoms with van der Waals surface area (Å²) >= 11 is 3.44. The second-order valence-electron chi connectivity index (χ2n) is 3.75. The second-order valence-corrected chi connectivity index (χ2v) is 4.71. The average molecular weight is 249 g/mol. The van der Waals surface area contributed by atoms with Crippen molar-refractivity contribution in [2.24, 2.45) is 0 Å². The van der Waals surface area contributed by atoms with Gasteiger partial charge in [-0.3, -0.25) is 0 Å². The van der Waals surface area contributed by atoms with Crippen molar-refractivity contribution in [1.29, 1.82) is 0 Å². The fourth-order valence-electron chi connectivity index (χ4n) is 2.08. The SMILES string of the molecule is CO[C@H]1C[C@@]2(O)CC(Br)=C(C)[C@H]2O1. The molecule has 1 N–H and O–H groups in total. The Morgan fingerprint density at radius 3 is 2.92 bits per heavy atom. The maximum atomic E-state index is 10.2. The summed E-state index contributed by atoms with van der Waals surface area (Å²) in [6.07, 6.45) is 0.752. The van der Waals surface area contributed by atoms with Gasteiger partial charge in [0.2, 0.25) is 0 Å². The number of rotatable bonds is 1. The molecule has 3 nitrogen and oxygen atoms in total. The molecular formula is C9H13BrO3. The van der Waals surface area contributed by atoms with Crippen LogP contribution in [-0.2, 0) is 9.47 Å². The fourth-order valence-corrected chi connectivity index (χ4v) is 2.77. The van der Waals surface area contributed by atoms with Crippen LogP contribution in [0.1, 0.15) is 19.8 Å². The Morgan fingerprint density at radius 2 is 2.38 bits per heavy atom. The molecule has 0 aromatic rings. The summed E-state index contributed by atoms with van der Waals surface area (Å²) in [5.41, 5.74) is 0.339. The molecule has 1 aliphatic carbocycles. The Bertz CT molecular complexity index is 264. The molecule has 4 heteroatoms. The number of ether oxygens (including phenoxy) is 2. The molecule has 0 aromatic heterocycles. The minimum Gasteiger partial charge on any atom is -0.386 e. The maximum Gasteiger partial charge on any atom is 0.161 e. The van der Waals surface area contributed by atoms with Crippen LogP contribution in [0.25, 0.3) is 0 Å². The summed E-state index contributed by atoms with van der Waals surface area (Å²) in [7, 11) is 1.60. The highest BCUT2D eigenvalue weighted by Gasteiger charge is 2.52. The van der Waals surface area contributed by atoms with Crippen molar-refractivity contribution in [3.05, 3.63) is 10.1 Å². The van der Waals surface area contributed by atoms with Crippen LogP contribution in [0.4, 0.5) is 0 Å². The quantitative estimate of drug-likeness (QED) is 0.766. The van der Waals surface area contributed by atoms with E-state index in [1.54, 1.807) is 7.11 Å². The first-order chi connectivity index (χ1) is 6.07. The van der Waals surface area contributed by atoms with Gasteiger partial charge in [0.15, 0.2) is 6.29 Å². The van der Waals surface area contributed by atoms with Gasteiger partial charge in [0.1, 0.15) is 11.7 Å². The Labute approximate surface area is 85.8 Å². The van der Waals surface area contributed by atoms with Crippen LogP contribution >= 0.6 is 15.9 Å². The molecule has 2 aliphatic rings. The van der Waals surface area contributed by atoms with Crippen LogP contribution in [-0.4, -0.2) is 30.2 Å². The number of halogens is 1. The molecule has 1 heterocycles. The summed E-state index contributed by atoms with van der Waals surface area (Å²) in [5, 5.41) is 10.2. The van der Waals surface area contributed by atoms with E-state index in [0.29, 0.717) is 12.8 Å². The second kappa shape index (κ2) is 3.05. The normalized spacial score (nSPS) is 44.3. The van der Waals surface area contributed by atoms with Gasteiger partial charge in [-0.05, 0) is 17.0 Å². The molecule has 2 rings (SSSR count). The molecule has 1 fully saturated rings. The van der Waals surface area contributed by atoms with Gasteiger partial charge in [0.25, 0.3) is 0 Å². The highest BCUT2D eigenvalue weighted by atomic mass is 79.9. The van der Waals surface area contributed by atoms with Gasteiger partial charge in [0, 0.05) is 20.0 Å². The molecule has 0 bridgehead atoms. The van der Waals surface area contributed by atoms with Crippen molar-refractivity contribution in [2.45, 2.75) is 37.8 Å². The van der Waals surface area contributed by atoms with Crippen molar-refractivity contribution < 1.29 is 14.6 Å². The van der Waals surface area contributed by atoms with Crippen LogP contribution in [0, 0.1) is 0 Å². The third kappa shape index (κ3) is 1.36. The van der Waals surface area contributed by atoms with Crippen molar-refractivity contribution >= 4 is 15.9 Å². The van der Waals surface area contributed by atoms with E-state index in [1.807, 2.05) is 6.92 Å². The topological polar surface area (TPSA) is 38.7 Å². The predicted octanol–water partition coefficient (Wildman–Crippen LogP) is 1.55. The van der Waals surface area contributed by atoms with E-state index in [1.165, 1.54) is 0 Å². The molecule has 1 saturated heterocycles. The van der Waals surface area contributed by atoms with Crippen molar-refractivity contribution in [3.8, 4) is 0 Å². The molecule has 3 atom stereocenters. The summed E-state index contributed by atoms with van der Waals surface area (Å²) in [4.78, 5) is 0. The lowest BCUT2D eigenvalue weighted by Gasteiger charge is -2.20. The van der Waals surface area contributed by atoms with E-state index in [0.717, 1.165) is 10.1 Å². The molecule has 0 spiro atoms. The van der Waals surface area contributed by atoms with Crippen LogP contribution in [0.5, 0.6) is 0 Å². The first-order valence-corrected chi connectivity index (χ1v) is 5.12. The fraction of sp³-hybridized carbons (Fsp3) is 0.778. The lowest BCUT2D eigenvalue weighted by atomic mass is 9.95. The van der Waals surface area contributed by atoms with Crippen LogP contribution in [0.2, 0.25) is 0 Å². The maximum absolute atomic E-state index is 10.2. The van der Waals surface area contributed by atoms with E-state index in [-0.39, 0.29) is 12.4 Å². The van der Waals surface area contributed by atoms with E-state index in [9.17, 15) is 5.11 Å². The molecule has 0 aromatic carbocycles. The average Bonchev–Trinajstić information content (AvgIpc) is 2.49. The largest absolute Gasteiger partial charge is 0.386 e. The number of hydrogen-bond acceptors (Lipinski definition) is 3. The van der Waals surface area contributed by atoms with E-state index in [4.69, 9.17) is 9.47 Å². The zero-order valence-corrected chi connectivity index (χ0v) is 9.30. The zero-order chi connectivity index (χ0) is 9.64. The minimum absolute atomic E-state index is 0.188. The van der Waals surface area contributed by atoms with Crippen LogP contribution in [0.3, 0.4) is 0 Å². The van der Waals surface area contributed by atoms with Crippen LogP contribution in [0.15, 0.2) is 10.1 Å². The number of methoxy groups -OCH3 is 1. The van der Waals surface area contributed by atoms with Crippen molar-refractivity contribution in [3.63, 3.8) is 0 Å². The summed E-state index contributed by atoms with van der Waals surface area (Å²) in [5.74, 6) is 0. The molecular weight excluding hydrogens is 236 g/mol. The molecule has 0 radical (unpaired) electrons. The summed E-state index contributed by atoms with van der Waals surface area (Å²) in [6, 6.07) is 0. The van der Waals surface area contributed by atoms with Crippen molar-refractivity contribution in [1.82, 2.24) is 0 Å². The number of fused-ring (bicyclic) bond motifs is 1. The highest BCUT2D eigenvalue weighted by molar-refractivity contribution is 9.11. The monoisotopic (exact) mass is 248 g/mol. The highest BCUT2D eigenvalue weighted by Crippen LogP contribution is 2.47. The van der Waals surface area contributed by atoms with Gasteiger partial charge >= 0.3 is 0 Å². The lowest BCUT2D eigenvalue weighted by molar-refractivity contribution is -0.110. The molecule has 0 unspecified atom stereocenters. The Hall–Kier alpha value is 0.1000. The summed E-state index contributed by atoms with van der Waals surface area (Å²) < 4.78 is 11.7. The van der Waals surface area contributed by atoms with E-state index >= 15 is 0 Å². The van der Waals surface area contributed by atoms with Gasteiger partial charge in [-0.1, -0.05) is 15.9 Å². The zero-order valence-electron chi connectivity index (χ0n) is 7.71. The smallest absolute Gasteiger partial charge is 0.161 e. The Morgan fingerprint density at radius 1 is 1.69 bits per heavy atom. The first kappa shape index (κ1) is 9.65. The predicted molar refractivity (Wildman–Crippen MR) is 51.5 cm³/mol. The molecule has 1 aliphatic heterocycles. The van der Waals surface area contributed by atoms with Crippen molar-refractivity contribution in [2.75, 3.05) is 7.11 Å². The molecule has 13 heavy (non-hydrogen) atoms. The van der Waals surface area contributed by atoms with Gasteiger partial charge in [-0.2, -0.15) is 0 Å². The minimum atomic E-state index is -0.746. The molecule has 0 saturated carbocycles. The van der Waals surface area contributed by atoms with Gasteiger partial charge in [-0.25, -0.2) is 0 Å². The Balaban J connectivity index is 2.22. The molecule has 0 amide bonds.